The molecule has 7 heteroatoms. The first-order valence-corrected chi connectivity index (χ1v) is 9.67. The lowest BCUT2D eigenvalue weighted by atomic mass is 9.93. The molecule has 0 aliphatic heterocycles. The Morgan fingerprint density at radius 3 is 2.72 bits per heavy atom. The van der Waals surface area contributed by atoms with Gasteiger partial charge in [-0.15, -0.1) is 0 Å². The number of carbonyl (C=O) groups is 2. The lowest BCUT2D eigenvalue weighted by molar-refractivity contribution is 0.0916. The molecule has 7 nitrogen and oxygen atoms in total. The lowest BCUT2D eigenvalue weighted by Gasteiger charge is -2.26. The molecule has 0 atom stereocenters. The molecule has 0 radical (unpaired) electrons. The second-order valence-corrected chi connectivity index (χ2v) is 7.24. The molecule has 1 aromatic carbocycles. The standard InChI is InChI=1S/C22H22N4O3/c1-23-21(28)18-11-15(20(27)25-16-6-3-7-16)13-26(22(18)29)12-14-5-2-9-19-17(14)8-4-10-24-19/h2,4-5,8-11,13,16H,3,6-7,12H2,1H3,(H,23,28)(H,25,27). The highest BCUT2D eigenvalue weighted by molar-refractivity contribution is 5.99. The summed E-state index contributed by atoms with van der Waals surface area (Å²) in [6.45, 7) is 0.233. The Kier molecular flexibility index (Phi) is 5.12. The van der Waals surface area contributed by atoms with Gasteiger partial charge in [0.25, 0.3) is 17.4 Å². The molecule has 2 amide bonds. The van der Waals surface area contributed by atoms with Gasteiger partial charge < -0.3 is 15.2 Å². The zero-order valence-corrected chi connectivity index (χ0v) is 16.1. The minimum Gasteiger partial charge on any atom is -0.355 e. The molecule has 1 fully saturated rings. The van der Waals surface area contributed by atoms with Gasteiger partial charge in [0.2, 0.25) is 0 Å². The first kappa shape index (κ1) is 18.9. The van der Waals surface area contributed by atoms with E-state index in [1.54, 1.807) is 6.20 Å². The number of hydrogen-bond acceptors (Lipinski definition) is 4. The third-order valence-corrected chi connectivity index (χ3v) is 5.34. The van der Waals surface area contributed by atoms with Crippen LogP contribution in [-0.2, 0) is 6.54 Å². The molecule has 148 valence electrons. The van der Waals surface area contributed by atoms with E-state index in [0.717, 1.165) is 35.7 Å². The van der Waals surface area contributed by atoms with Crippen molar-refractivity contribution in [3.63, 3.8) is 0 Å². The predicted molar refractivity (Wildman–Crippen MR) is 110 cm³/mol. The number of amides is 2. The van der Waals surface area contributed by atoms with Crippen LogP contribution < -0.4 is 16.2 Å². The first-order chi connectivity index (χ1) is 14.1. The van der Waals surface area contributed by atoms with Crippen molar-refractivity contribution in [2.75, 3.05) is 7.05 Å². The van der Waals surface area contributed by atoms with Gasteiger partial charge in [0.05, 0.1) is 17.6 Å². The van der Waals surface area contributed by atoms with E-state index in [-0.39, 0.29) is 24.1 Å². The van der Waals surface area contributed by atoms with Crippen molar-refractivity contribution in [3.05, 3.63) is 75.8 Å². The summed E-state index contributed by atoms with van der Waals surface area (Å²) in [6.07, 6.45) is 6.25. The van der Waals surface area contributed by atoms with Crippen LogP contribution in [0.25, 0.3) is 10.9 Å². The number of nitrogens with zero attached hydrogens (tertiary/aromatic N) is 2. The zero-order valence-electron chi connectivity index (χ0n) is 16.1. The van der Waals surface area contributed by atoms with E-state index in [0.29, 0.717) is 5.56 Å². The molecule has 3 aromatic rings. The van der Waals surface area contributed by atoms with Crippen molar-refractivity contribution in [2.45, 2.75) is 31.8 Å². The summed E-state index contributed by atoms with van der Waals surface area (Å²) in [5.41, 5.74) is 1.52. The van der Waals surface area contributed by atoms with E-state index in [1.807, 2.05) is 30.3 Å². The monoisotopic (exact) mass is 390 g/mol. The van der Waals surface area contributed by atoms with Gasteiger partial charge in [0.15, 0.2) is 0 Å². The molecule has 1 aliphatic carbocycles. The number of benzene rings is 1. The third-order valence-electron chi connectivity index (χ3n) is 5.34. The molecule has 0 unspecified atom stereocenters. The van der Waals surface area contributed by atoms with Gasteiger partial charge in [0, 0.05) is 30.9 Å². The van der Waals surface area contributed by atoms with Crippen LogP contribution in [0.15, 0.2) is 53.6 Å². The van der Waals surface area contributed by atoms with Crippen LogP contribution in [0.5, 0.6) is 0 Å². The van der Waals surface area contributed by atoms with Crippen molar-refractivity contribution >= 4 is 22.7 Å². The van der Waals surface area contributed by atoms with Crippen LogP contribution in [0.2, 0.25) is 0 Å². The highest BCUT2D eigenvalue weighted by atomic mass is 16.2. The SMILES string of the molecule is CNC(=O)c1cc(C(=O)NC2CCC2)cn(Cc2cccc3ncccc23)c1=O. The Morgan fingerprint density at radius 2 is 2.00 bits per heavy atom. The van der Waals surface area contributed by atoms with Crippen molar-refractivity contribution in [3.8, 4) is 0 Å². The minimum atomic E-state index is -0.512. The summed E-state index contributed by atoms with van der Waals surface area (Å²) in [5.74, 6) is -0.783. The summed E-state index contributed by atoms with van der Waals surface area (Å²) in [5, 5.41) is 6.36. The Bertz CT molecular complexity index is 1140. The number of aromatic nitrogens is 2. The maximum atomic E-state index is 12.9. The van der Waals surface area contributed by atoms with Gasteiger partial charge in [-0.25, -0.2) is 0 Å². The second kappa shape index (κ2) is 7.87. The molecule has 2 N–H and O–H groups in total. The summed E-state index contributed by atoms with van der Waals surface area (Å²) < 4.78 is 1.42. The second-order valence-electron chi connectivity index (χ2n) is 7.24. The van der Waals surface area contributed by atoms with Crippen LogP contribution in [0.4, 0.5) is 0 Å². The number of fused-ring (bicyclic) bond motifs is 1. The fourth-order valence-corrected chi connectivity index (χ4v) is 3.48. The van der Waals surface area contributed by atoms with E-state index in [4.69, 9.17) is 0 Å². The summed E-state index contributed by atoms with van der Waals surface area (Å²) in [7, 11) is 1.46. The van der Waals surface area contributed by atoms with E-state index < -0.39 is 11.5 Å². The largest absolute Gasteiger partial charge is 0.355 e. The van der Waals surface area contributed by atoms with Gasteiger partial charge in [-0.3, -0.25) is 19.4 Å². The third kappa shape index (κ3) is 3.76. The maximum absolute atomic E-state index is 12.9. The summed E-state index contributed by atoms with van der Waals surface area (Å²) in [4.78, 5) is 42.2. The number of carbonyl (C=O) groups excluding carboxylic acids is 2. The number of pyridine rings is 2. The van der Waals surface area contributed by atoms with Crippen molar-refractivity contribution in [2.24, 2.45) is 0 Å². The van der Waals surface area contributed by atoms with E-state index in [2.05, 4.69) is 15.6 Å². The van der Waals surface area contributed by atoms with Gasteiger partial charge in [-0.2, -0.15) is 0 Å². The van der Waals surface area contributed by atoms with E-state index in [9.17, 15) is 14.4 Å². The zero-order chi connectivity index (χ0) is 20.4. The maximum Gasteiger partial charge on any atom is 0.263 e. The van der Waals surface area contributed by atoms with Gasteiger partial charge in [-0.05, 0) is 43.0 Å². The number of rotatable bonds is 5. The molecule has 1 saturated carbocycles. The lowest BCUT2D eigenvalue weighted by Crippen LogP contribution is -2.40. The van der Waals surface area contributed by atoms with Crippen LogP contribution >= 0.6 is 0 Å². The molecule has 0 bridgehead atoms. The fraction of sp³-hybridized carbons (Fsp3) is 0.273. The average molecular weight is 390 g/mol. The number of hydrogen-bond donors (Lipinski definition) is 2. The van der Waals surface area contributed by atoms with Crippen LogP contribution in [0, 0.1) is 0 Å². The molecule has 1 aliphatic rings. The normalized spacial score (nSPS) is 13.7. The molecular formula is C22H22N4O3. The Balaban J connectivity index is 1.76. The molecular weight excluding hydrogens is 368 g/mol. The first-order valence-electron chi connectivity index (χ1n) is 9.67. The van der Waals surface area contributed by atoms with Crippen LogP contribution in [-0.4, -0.2) is 34.5 Å². The van der Waals surface area contributed by atoms with Crippen molar-refractivity contribution < 1.29 is 9.59 Å². The molecule has 0 spiro atoms. The van der Waals surface area contributed by atoms with Gasteiger partial charge in [0.1, 0.15) is 5.56 Å². The number of nitrogens with one attached hydrogen (secondary N) is 2. The van der Waals surface area contributed by atoms with E-state index >= 15 is 0 Å². The molecule has 2 heterocycles. The summed E-state index contributed by atoms with van der Waals surface area (Å²) >= 11 is 0. The predicted octanol–water partition coefficient (Wildman–Crippen LogP) is 2.09. The average Bonchev–Trinajstić information content (AvgIpc) is 2.71. The highest BCUT2D eigenvalue weighted by Crippen LogP contribution is 2.19. The summed E-state index contributed by atoms with van der Waals surface area (Å²) in [6, 6.07) is 11.0. The Morgan fingerprint density at radius 1 is 1.17 bits per heavy atom. The van der Waals surface area contributed by atoms with Crippen molar-refractivity contribution in [1.29, 1.82) is 0 Å². The van der Waals surface area contributed by atoms with Gasteiger partial charge in [-0.1, -0.05) is 18.2 Å². The van der Waals surface area contributed by atoms with E-state index in [1.165, 1.54) is 23.9 Å². The fourth-order valence-electron chi connectivity index (χ4n) is 3.48. The highest BCUT2D eigenvalue weighted by Gasteiger charge is 2.22. The van der Waals surface area contributed by atoms with Gasteiger partial charge >= 0.3 is 0 Å². The smallest absolute Gasteiger partial charge is 0.263 e. The molecule has 0 saturated heterocycles. The minimum absolute atomic E-state index is 0.0490. The Hall–Kier alpha value is -3.48. The molecule has 2 aromatic heterocycles. The van der Waals surface area contributed by atoms with Crippen LogP contribution in [0.1, 0.15) is 45.5 Å². The molecule has 29 heavy (non-hydrogen) atoms. The van der Waals surface area contributed by atoms with Crippen LogP contribution in [0.3, 0.4) is 0 Å². The van der Waals surface area contributed by atoms with Crippen molar-refractivity contribution in [1.82, 2.24) is 20.2 Å². The quantitative estimate of drug-likeness (QED) is 0.698. The molecule has 4 rings (SSSR count). The Labute approximate surface area is 167 Å². The topological polar surface area (TPSA) is 93.1 Å².